The number of hydrogen-bond acceptors (Lipinski definition) is 1. The van der Waals surface area contributed by atoms with E-state index in [2.05, 4.69) is 32.6 Å². The molecule has 2 heteroatoms. The molecule has 0 bridgehead atoms. The van der Waals surface area contributed by atoms with Crippen molar-refractivity contribution in [3.05, 3.63) is 12.5 Å². The predicted molar refractivity (Wildman–Crippen MR) is 53.1 cm³/mol. The van der Waals surface area contributed by atoms with Gasteiger partial charge in [-0.25, -0.2) is 0 Å². The molecule has 12 heavy (non-hydrogen) atoms. The summed E-state index contributed by atoms with van der Waals surface area (Å²) in [5.41, 5.74) is 0. The second-order valence-corrected chi connectivity index (χ2v) is 2.80. The van der Waals surface area contributed by atoms with E-state index in [1.165, 1.54) is 25.3 Å². The molecule has 0 aliphatic carbocycles. The predicted octanol–water partition coefficient (Wildman–Crippen LogP) is 3.18. The van der Waals surface area contributed by atoms with E-state index in [1.54, 1.807) is 0 Å². The van der Waals surface area contributed by atoms with Crippen molar-refractivity contribution in [1.82, 2.24) is 5.32 Å². The summed E-state index contributed by atoms with van der Waals surface area (Å²) >= 11 is 0. The average Bonchev–Trinajstić information content (AvgIpc) is 2.44. The first kappa shape index (κ1) is 18.7. The maximum Gasteiger partial charge on any atom is 2.00 e. The Kier molecular flexibility index (Phi) is 28.0. The molecule has 0 radical (unpaired) electrons. The molecule has 0 saturated carbocycles. The van der Waals surface area contributed by atoms with Crippen molar-refractivity contribution in [3.8, 4) is 0 Å². The molecule has 0 spiro atoms. The number of hydrogen-bond donors (Lipinski definition) is 1. The molecule has 0 amide bonds. The first-order chi connectivity index (χ1) is 5.23. The standard InChI is InChI=1S/C4H8N.C4H9.C2H6.U/c1-2-4-5-3-1;1-4(2)3;1-2;/h3,5H,1-2,4H2;1-3H3;1-2H3;/q2*-1;;+2. The third kappa shape index (κ3) is 30.5. The monoisotopic (exact) mass is 395 g/mol. The zero-order chi connectivity index (χ0) is 9.11. The van der Waals surface area contributed by atoms with Crippen molar-refractivity contribution >= 4 is 0 Å². The fourth-order valence-electron chi connectivity index (χ4n) is 0.510. The minimum Gasteiger partial charge on any atom is -0.470 e. The van der Waals surface area contributed by atoms with Crippen LogP contribution in [0.25, 0.3) is 0 Å². The molecule has 0 aromatic carbocycles. The molecule has 0 aromatic heterocycles. The van der Waals surface area contributed by atoms with Crippen LogP contribution in [0, 0.1) is 43.6 Å². The Hall–Kier alpha value is 1.01. The van der Waals surface area contributed by atoms with Crippen molar-refractivity contribution < 1.29 is 31.1 Å². The molecule has 1 fully saturated rings. The molecule has 1 saturated heterocycles. The fraction of sp³-hybridized carbons (Fsp3) is 0.800. The van der Waals surface area contributed by atoms with Crippen molar-refractivity contribution in [2.75, 3.05) is 6.54 Å². The molecule has 1 rings (SSSR count). The zero-order valence-corrected chi connectivity index (χ0v) is 13.4. The van der Waals surface area contributed by atoms with Gasteiger partial charge < -0.3 is 11.2 Å². The van der Waals surface area contributed by atoms with E-state index in [4.69, 9.17) is 0 Å². The molecule has 1 heterocycles. The fourth-order valence-corrected chi connectivity index (χ4v) is 0.510. The van der Waals surface area contributed by atoms with Crippen LogP contribution in [-0.4, -0.2) is 6.54 Å². The SMILES string of the molecule is CC.C[C-](C)C.[CH-]1CCCN1.[U+2]. The molecule has 0 unspecified atom stereocenters. The topological polar surface area (TPSA) is 12.0 Å². The van der Waals surface area contributed by atoms with Gasteiger partial charge in [0.25, 0.3) is 0 Å². The summed E-state index contributed by atoms with van der Waals surface area (Å²) in [4.78, 5) is 0. The Morgan fingerprint density at radius 3 is 1.67 bits per heavy atom. The Morgan fingerprint density at radius 2 is 1.58 bits per heavy atom. The van der Waals surface area contributed by atoms with Crippen molar-refractivity contribution in [2.45, 2.75) is 47.5 Å². The zero-order valence-electron chi connectivity index (χ0n) is 9.20. The van der Waals surface area contributed by atoms with Gasteiger partial charge in [-0.2, -0.15) is 27.2 Å². The molecule has 1 aliphatic heterocycles. The Morgan fingerprint density at radius 1 is 1.17 bits per heavy atom. The van der Waals surface area contributed by atoms with Gasteiger partial charge in [0, 0.05) is 0 Å². The maximum atomic E-state index is 3.10. The Labute approximate surface area is 102 Å². The summed E-state index contributed by atoms with van der Waals surface area (Å²) < 4.78 is 0. The van der Waals surface area contributed by atoms with Gasteiger partial charge >= 0.3 is 31.1 Å². The number of nitrogens with one attached hydrogen (secondary N) is 1. The first-order valence-corrected chi connectivity index (χ1v) is 4.55. The van der Waals surface area contributed by atoms with Crippen LogP contribution in [0.4, 0.5) is 0 Å². The minimum atomic E-state index is 0. The van der Waals surface area contributed by atoms with Crippen LogP contribution in [0.2, 0.25) is 0 Å². The van der Waals surface area contributed by atoms with E-state index in [-0.39, 0.29) is 31.1 Å². The molecular formula is C10H23NU. The van der Waals surface area contributed by atoms with E-state index >= 15 is 0 Å². The van der Waals surface area contributed by atoms with E-state index in [9.17, 15) is 0 Å². The summed E-state index contributed by atoms with van der Waals surface area (Å²) in [6.45, 7) is 13.6. The van der Waals surface area contributed by atoms with Gasteiger partial charge in [0.1, 0.15) is 0 Å². The van der Waals surface area contributed by atoms with Gasteiger partial charge in [0.2, 0.25) is 0 Å². The smallest absolute Gasteiger partial charge is 0.470 e. The second kappa shape index (κ2) is 17.9. The molecule has 1 nitrogen and oxygen atoms in total. The maximum absolute atomic E-state index is 3.10. The normalized spacial score (nSPS) is 13.5. The van der Waals surface area contributed by atoms with Gasteiger partial charge in [0.15, 0.2) is 0 Å². The van der Waals surface area contributed by atoms with Gasteiger partial charge in [-0.15, -0.1) is 0 Å². The molecule has 1 N–H and O–H groups in total. The third-order valence-corrected chi connectivity index (χ3v) is 0.814. The molecule has 0 atom stereocenters. The quantitative estimate of drug-likeness (QED) is 0.622. The van der Waals surface area contributed by atoms with Gasteiger partial charge in [-0.1, -0.05) is 20.3 Å². The second-order valence-electron chi connectivity index (χ2n) is 2.80. The van der Waals surface area contributed by atoms with Crippen LogP contribution in [-0.2, 0) is 0 Å². The summed E-state index contributed by atoms with van der Waals surface area (Å²) in [5, 5.41) is 3.10. The summed E-state index contributed by atoms with van der Waals surface area (Å²) in [5.74, 6) is 1.42. The van der Waals surface area contributed by atoms with E-state index < -0.39 is 0 Å². The van der Waals surface area contributed by atoms with Crippen LogP contribution >= 0.6 is 0 Å². The summed E-state index contributed by atoms with van der Waals surface area (Å²) in [7, 11) is 0. The van der Waals surface area contributed by atoms with Crippen molar-refractivity contribution in [2.24, 2.45) is 0 Å². The minimum absolute atomic E-state index is 0. The van der Waals surface area contributed by atoms with Crippen molar-refractivity contribution in [3.63, 3.8) is 0 Å². The molecule has 0 aromatic rings. The van der Waals surface area contributed by atoms with Gasteiger partial charge in [0.05, 0.1) is 0 Å². The Bertz CT molecular complexity index is 41.4. The van der Waals surface area contributed by atoms with Crippen LogP contribution in [0.5, 0.6) is 0 Å². The van der Waals surface area contributed by atoms with Gasteiger partial charge in [-0.3, -0.25) is 6.54 Å². The first-order valence-electron chi connectivity index (χ1n) is 4.55. The summed E-state index contributed by atoms with van der Waals surface area (Å²) in [6, 6.07) is 0. The Balaban J connectivity index is -0.000000107. The molecule has 1 aliphatic rings. The van der Waals surface area contributed by atoms with Crippen LogP contribution in [0.3, 0.4) is 0 Å². The number of rotatable bonds is 0. The van der Waals surface area contributed by atoms with E-state index in [1.807, 2.05) is 13.8 Å². The third-order valence-electron chi connectivity index (χ3n) is 0.814. The van der Waals surface area contributed by atoms with Gasteiger partial charge in [-0.05, 0) is 6.54 Å². The average molecular weight is 395 g/mol. The molecular weight excluding hydrogens is 372 g/mol. The van der Waals surface area contributed by atoms with Crippen LogP contribution < -0.4 is 5.32 Å². The molecule has 72 valence electrons. The largest absolute Gasteiger partial charge is 2.00 e. The summed E-state index contributed by atoms with van der Waals surface area (Å²) in [6.07, 6.45) is 2.60. The van der Waals surface area contributed by atoms with Crippen LogP contribution in [0.15, 0.2) is 0 Å². The van der Waals surface area contributed by atoms with E-state index in [0.29, 0.717) is 0 Å². The van der Waals surface area contributed by atoms with E-state index in [0.717, 1.165) is 0 Å². The van der Waals surface area contributed by atoms with Crippen molar-refractivity contribution in [1.29, 1.82) is 0 Å². The van der Waals surface area contributed by atoms with Crippen LogP contribution in [0.1, 0.15) is 47.5 Å².